The average molecular weight is 505 g/mol. The molecule has 192 valence electrons. The van der Waals surface area contributed by atoms with Crippen molar-refractivity contribution in [3.05, 3.63) is 35.8 Å². The zero-order valence-corrected chi connectivity index (χ0v) is 20.5. The summed E-state index contributed by atoms with van der Waals surface area (Å²) in [6.07, 6.45) is 4.57. The van der Waals surface area contributed by atoms with Gasteiger partial charge in [0.1, 0.15) is 23.6 Å². The molecule has 0 aliphatic carbocycles. The smallest absolute Gasteiger partial charge is 0.255 e. The number of amides is 2. The molecule has 13 heteroatoms. The van der Waals surface area contributed by atoms with Crippen LogP contribution in [-0.4, -0.2) is 68.3 Å². The Hall–Kier alpha value is -4.44. The van der Waals surface area contributed by atoms with Crippen LogP contribution in [0.4, 0.5) is 23.1 Å². The number of aliphatic hydroxyl groups is 1. The minimum atomic E-state index is -1.02. The standard InChI is InChI=1S/C24H28N10O3/c1-24(2)12-32(23-28-9-13(8-25)20(26)31-23)5-4-18(24)30-19-15(21(27)36)10-29-34-11-14(7-16(19)34)33-6-3-17(35)22(33)37/h7,9-11,17-18,30,35H,3-6,12H2,1-2H3,(H2,27,36)(H2,26,28,31). The van der Waals surface area contributed by atoms with E-state index in [4.69, 9.17) is 16.7 Å². The van der Waals surface area contributed by atoms with Crippen molar-refractivity contribution >= 4 is 40.5 Å². The van der Waals surface area contributed by atoms with E-state index in [9.17, 15) is 14.7 Å². The van der Waals surface area contributed by atoms with Crippen LogP contribution in [0.5, 0.6) is 0 Å². The van der Waals surface area contributed by atoms with Crippen molar-refractivity contribution in [1.29, 1.82) is 5.26 Å². The van der Waals surface area contributed by atoms with Gasteiger partial charge in [0.25, 0.3) is 11.8 Å². The molecule has 5 rings (SSSR count). The van der Waals surface area contributed by atoms with Crippen molar-refractivity contribution in [2.24, 2.45) is 11.1 Å². The molecule has 0 saturated carbocycles. The second-order valence-electron chi connectivity index (χ2n) is 10.1. The number of aromatic nitrogens is 4. The Morgan fingerprint density at radius 3 is 2.70 bits per heavy atom. The number of nitrogens with zero attached hydrogens (tertiary/aromatic N) is 7. The van der Waals surface area contributed by atoms with Crippen LogP contribution in [0.2, 0.25) is 0 Å². The molecule has 13 nitrogen and oxygen atoms in total. The molecule has 2 unspecified atom stereocenters. The minimum absolute atomic E-state index is 0.0580. The Kier molecular flexibility index (Phi) is 5.83. The molecule has 2 aliphatic rings. The lowest BCUT2D eigenvalue weighted by atomic mass is 9.79. The largest absolute Gasteiger partial charge is 0.383 e. The first-order chi connectivity index (χ1) is 17.6. The van der Waals surface area contributed by atoms with E-state index < -0.39 is 12.0 Å². The third kappa shape index (κ3) is 4.25. The van der Waals surface area contributed by atoms with Gasteiger partial charge in [0, 0.05) is 37.5 Å². The number of carbonyl (C=O) groups is 2. The fourth-order valence-electron chi connectivity index (χ4n) is 5.04. The zero-order chi connectivity index (χ0) is 26.5. The normalized spacial score (nSPS) is 21.3. The number of nitriles is 1. The lowest BCUT2D eigenvalue weighted by Gasteiger charge is -2.45. The maximum absolute atomic E-state index is 12.4. The summed E-state index contributed by atoms with van der Waals surface area (Å²) in [5.41, 5.74) is 13.5. The summed E-state index contributed by atoms with van der Waals surface area (Å²) in [5, 5.41) is 26.8. The van der Waals surface area contributed by atoms with E-state index in [0.29, 0.717) is 55.3 Å². The fourth-order valence-corrected chi connectivity index (χ4v) is 5.04. The van der Waals surface area contributed by atoms with Gasteiger partial charge in [-0.1, -0.05) is 13.8 Å². The molecule has 2 amide bonds. The highest BCUT2D eigenvalue weighted by Crippen LogP contribution is 2.36. The van der Waals surface area contributed by atoms with Gasteiger partial charge in [-0.2, -0.15) is 15.3 Å². The van der Waals surface area contributed by atoms with E-state index in [1.165, 1.54) is 17.3 Å². The first-order valence-corrected chi connectivity index (χ1v) is 11.9. The third-order valence-corrected chi connectivity index (χ3v) is 7.13. The molecular formula is C24H28N10O3. The monoisotopic (exact) mass is 504 g/mol. The average Bonchev–Trinajstić information content (AvgIpc) is 3.43. The molecular weight excluding hydrogens is 476 g/mol. The first kappa shape index (κ1) is 24.3. The highest BCUT2D eigenvalue weighted by molar-refractivity contribution is 6.03. The highest BCUT2D eigenvalue weighted by atomic mass is 16.3. The predicted molar refractivity (Wildman–Crippen MR) is 136 cm³/mol. The van der Waals surface area contributed by atoms with Crippen LogP contribution in [0.1, 0.15) is 42.6 Å². The van der Waals surface area contributed by atoms with Crippen molar-refractivity contribution in [2.75, 3.05) is 40.5 Å². The summed E-state index contributed by atoms with van der Waals surface area (Å²) in [4.78, 5) is 36.8. The molecule has 3 aromatic heterocycles. The van der Waals surface area contributed by atoms with Gasteiger partial charge in [-0.25, -0.2) is 9.50 Å². The van der Waals surface area contributed by atoms with Crippen LogP contribution in [-0.2, 0) is 4.79 Å². The van der Waals surface area contributed by atoms with Crippen LogP contribution in [0.15, 0.2) is 24.7 Å². The molecule has 2 aliphatic heterocycles. The molecule has 2 saturated heterocycles. The van der Waals surface area contributed by atoms with Crippen LogP contribution in [0.25, 0.3) is 5.52 Å². The molecule has 0 radical (unpaired) electrons. The van der Waals surface area contributed by atoms with Crippen molar-refractivity contribution in [1.82, 2.24) is 19.6 Å². The fraction of sp³-hybridized carbons (Fsp3) is 0.417. The Morgan fingerprint density at radius 1 is 1.30 bits per heavy atom. The van der Waals surface area contributed by atoms with Gasteiger partial charge >= 0.3 is 0 Å². The topological polar surface area (TPSA) is 192 Å². The zero-order valence-electron chi connectivity index (χ0n) is 20.5. The molecule has 2 fully saturated rings. The maximum Gasteiger partial charge on any atom is 0.255 e. The van der Waals surface area contributed by atoms with E-state index in [0.717, 1.165) is 0 Å². The molecule has 0 aromatic carbocycles. The number of nitrogens with one attached hydrogen (secondary N) is 1. The molecule has 6 N–H and O–H groups in total. The second-order valence-corrected chi connectivity index (χ2v) is 10.1. The van der Waals surface area contributed by atoms with Gasteiger partial charge in [-0.05, 0) is 12.5 Å². The van der Waals surface area contributed by atoms with Crippen LogP contribution < -0.4 is 26.6 Å². The summed E-state index contributed by atoms with van der Waals surface area (Å²) in [5.74, 6) is -0.381. The number of piperidine rings is 1. The summed E-state index contributed by atoms with van der Waals surface area (Å²) in [6, 6.07) is 3.68. The number of hydrogen-bond acceptors (Lipinski definition) is 10. The number of fused-ring (bicyclic) bond motifs is 1. The third-order valence-electron chi connectivity index (χ3n) is 7.13. The van der Waals surface area contributed by atoms with Crippen molar-refractivity contribution in [3.8, 4) is 6.07 Å². The first-order valence-electron chi connectivity index (χ1n) is 11.9. The molecule has 3 aromatic rings. The summed E-state index contributed by atoms with van der Waals surface area (Å²) in [6.45, 7) is 5.80. The number of primary amides is 1. The van der Waals surface area contributed by atoms with Gasteiger partial charge in [0.2, 0.25) is 5.95 Å². The van der Waals surface area contributed by atoms with E-state index in [-0.39, 0.29) is 34.3 Å². The Balaban J connectivity index is 1.44. The van der Waals surface area contributed by atoms with E-state index >= 15 is 0 Å². The maximum atomic E-state index is 12.4. The van der Waals surface area contributed by atoms with Gasteiger partial charge in [-0.3, -0.25) is 9.59 Å². The number of carbonyl (C=O) groups excluding carboxylic acids is 2. The second kappa shape index (κ2) is 8.90. The van der Waals surface area contributed by atoms with Gasteiger partial charge in [0.15, 0.2) is 0 Å². The van der Waals surface area contributed by atoms with E-state index in [1.807, 2.05) is 11.0 Å². The van der Waals surface area contributed by atoms with Crippen LogP contribution in [0.3, 0.4) is 0 Å². The Morgan fingerprint density at radius 2 is 2.08 bits per heavy atom. The number of nitrogen functional groups attached to an aromatic ring is 1. The number of aliphatic hydroxyl groups excluding tert-OH is 1. The summed E-state index contributed by atoms with van der Waals surface area (Å²) in [7, 11) is 0. The Bertz CT molecular complexity index is 1440. The molecule has 2 atom stereocenters. The predicted octanol–water partition coefficient (Wildman–Crippen LogP) is 0.492. The van der Waals surface area contributed by atoms with Crippen molar-refractivity contribution in [3.63, 3.8) is 0 Å². The van der Waals surface area contributed by atoms with Crippen LogP contribution in [0, 0.1) is 16.7 Å². The SMILES string of the molecule is CC1(C)CN(c2ncc(C#N)c(N)n2)CCC1Nc1c(C(N)=O)cnn2cc(N3CCC(O)C3=O)cc12. The van der Waals surface area contributed by atoms with E-state index in [1.54, 1.807) is 16.8 Å². The van der Waals surface area contributed by atoms with Crippen LogP contribution >= 0.6 is 0 Å². The highest BCUT2D eigenvalue weighted by Gasteiger charge is 2.38. The number of hydrogen-bond donors (Lipinski definition) is 4. The molecule has 0 bridgehead atoms. The lowest BCUT2D eigenvalue weighted by molar-refractivity contribution is -0.123. The van der Waals surface area contributed by atoms with Gasteiger partial charge in [0.05, 0.1) is 41.0 Å². The summed E-state index contributed by atoms with van der Waals surface area (Å²) < 4.78 is 1.59. The Labute approximate surface area is 212 Å². The molecule has 0 spiro atoms. The van der Waals surface area contributed by atoms with Gasteiger partial charge < -0.3 is 31.7 Å². The van der Waals surface area contributed by atoms with Crippen molar-refractivity contribution in [2.45, 2.75) is 38.8 Å². The minimum Gasteiger partial charge on any atom is -0.383 e. The number of nitrogens with two attached hydrogens (primary N) is 2. The van der Waals surface area contributed by atoms with E-state index in [2.05, 4.69) is 34.2 Å². The molecule has 5 heterocycles. The van der Waals surface area contributed by atoms with Gasteiger partial charge in [-0.15, -0.1) is 0 Å². The lowest BCUT2D eigenvalue weighted by Crippen LogP contribution is -2.52. The number of rotatable bonds is 5. The number of anilines is 4. The quantitative estimate of drug-likeness (QED) is 0.380. The molecule has 37 heavy (non-hydrogen) atoms. The summed E-state index contributed by atoms with van der Waals surface area (Å²) >= 11 is 0. The van der Waals surface area contributed by atoms with Crippen molar-refractivity contribution < 1.29 is 14.7 Å².